The molecule has 0 radical (unpaired) electrons. The maximum Gasteiger partial charge on any atom is 0.410 e. The number of hydrogen-bond donors (Lipinski definition) is 0. The third-order valence-electron chi connectivity index (χ3n) is 4.81. The summed E-state index contributed by atoms with van der Waals surface area (Å²) >= 11 is 0. The molecule has 1 aromatic carbocycles. The molecule has 2 heterocycles. The fourth-order valence-electron chi connectivity index (χ4n) is 3.40. The largest absolute Gasteiger partial charge is 0.497 e. The Morgan fingerprint density at radius 3 is 2.75 bits per heavy atom. The quantitative estimate of drug-likeness (QED) is 0.828. The third-order valence-corrected chi connectivity index (χ3v) is 4.81. The van der Waals surface area contributed by atoms with Crippen LogP contribution in [0.3, 0.4) is 0 Å². The van der Waals surface area contributed by atoms with E-state index in [-0.39, 0.29) is 18.0 Å². The van der Waals surface area contributed by atoms with Crippen molar-refractivity contribution in [3.63, 3.8) is 0 Å². The van der Waals surface area contributed by atoms with Crippen LogP contribution in [0.15, 0.2) is 24.3 Å². The molecule has 0 spiro atoms. The highest BCUT2D eigenvalue weighted by Crippen LogP contribution is 2.21. The van der Waals surface area contributed by atoms with Crippen LogP contribution in [-0.4, -0.2) is 61.2 Å². The Labute approximate surface area is 142 Å². The number of carbonyl (C=O) groups excluding carboxylic acids is 2. The summed E-state index contributed by atoms with van der Waals surface area (Å²) in [6.45, 7) is 2.59. The van der Waals surface area contributed by atoms with E-state index in [1.807, 2.05) is 29.2 Å². The lowest BCUT2D eigenvalue weighted by Crippen LogP contribution is -2.47. The second kappa shape index (κ2) is 7.55. The Hall–Kier alpha value is -2.24. The molecule has 3 rings (SSSR count). The Balaban J connectivity index is 1.45. The number of benzene rings is 1. The highest BCUT2D eigenvalue weighted by Gasteiger charge is 2.33. The number of cyclic esters (lactones) is 1. The van der Waals surface area contributed by atoms with Crippen molar-refractivity contribution in [1.82, 2.24) is 9.80 Å². The van der Waals surface area contributed by atoms with E-state index < -0.39 is 0 Å². The lowest BCUT2D eigenvalue weighted by molar-refractivity contribution is -0.132. The summed E-state index contributed by atoms with van der Waals surface area (Å²) in [7, 11) is 1.64. The van der Waals surface area contributed by atoms with Gasteiger partial charge in [0.05, 0.1) is 13.7 Å². The van der Waals surface area contributed by atoms with Crippen LogP contribution in [0.25, 0.3) is 0 Å². The van der Waals surface area contributed by atoms with E-state index >= 15 is 0 Å². The predicted molar refractivity (Wildman–Crippen MR) is 89.0 cm³/mol. The first-order valence-electron chi connectivity index (χ1n) is 8.51. The van der Waals surface area contributed by atoms with Gasteiger partial charge in [-0.05, 0) is 37.0 Å². The van der Waals surface area contributed by atoms with E-state index in [9.17, 15) is 9.59 Å². The van der Waals surface area contributed by atoms with Crippen molar-refractivity contribution in [1.29, 1.82) is 0 Å². The number of ether oxygens (including phenoxy) is 2. The monoisotopic (exact) mass is 332 g/mol. The molecule has 2 aliphatic rings. The molecule has 0 bridgehead atoms. The smallest absolute Gasteiger partial charge is 0.410 e. The maximum absolute atomic E-state index is 12.4. The predicted octanol–water partition coefficient (Wildman–Crippen LogP) is 2.07. The van der Waals surface area contributed by atoms with Crippen LogP contribution in [0, 0.1) is 0 Å². The van der Waals surface area contributed by atoms with Gasteiger partial charge in [0, 0.05) is 25.6 Å². The van der Waals surface area contributed by atoms with Crippen LogP contribution < -0.4 is 4.74 Å². The fourth-order valence-corrected chi connectivity index (χ4v) is 3.40. The van der Waals surface area contributed by atoms with E-state index in [0.29, 0.717) is 39.1 Å². The number of likely N-dealkylation sites (tertiary alicyclic amines) is 1. The Morgan fingerprint density at radius 2 is 2.08 bits per heavy atom. The molecule has 6 nitrogen and oxygen atoms in total. The molecule has 2 saturated heterocycles. The van der Waals surface area contributed by atoms with Gasteiger partial charge in [-0.15, -0.1) is 0 Å². The van der Waals surface area contributed by atoms with Crippen LogP contribution in [0.5, 0.6) is 5.75 Å². The molecule has 0 unspecified atom stereocenters. The SMILES string of the molecule is COc1cccc(CCC(=O)N2CCC(N3CCOC3=O)CC2)c1. The summed E-state index contributed by atoms with van der Waals surface area (Å²) in [5, 5.41) is 0. The number of methoxy groups -OCH3 is 1. The first kappa shape index (κ1) is 16.6. The topological polar surface area (TPSA) is 59.1 Å². The number of amides is 2. The lowest BCUT2D eigenvalue weighted by Gasteiger charge is -2.35. The molecule has 2 amide bonds. The number of piperidine rings is 1. The van der Waals surface area contributed by atoms with Crippen LogP contribution in [0.4, 0.5) is 4.79 Å². The van der Waals surface area contributed by atoms with Crippen molar-refractivity contribution in [3.05, 3.63) is 29.8 Å². The number of hydrogen-bond acceptors (Lipinski definition) is 4. The molecule has 0 aliphatic carbocycles. The van der Waals surface area contributed by atoms with Gasteiger partial charge in [-0.3, -0.25) is 4.79 Å². The van der Waals surface area contributed by atoms with Gasteiger partial charge in [-0.1, -0.05) is 12.1 Å². The average molecular weight is 332 g/mol. The van der Waals surface area contributed by atoms with Crippen molar-refractivity contribution in [2.24, 2.45) is 0 Å². The average Bonchev–Trinajstić information content (AvgIpc) is 3.06. The molecule has 2 aliphatic heterocycles. The summed E-state index contributed by atoms with van der Waals surface area (Å²) in [4.78, 5) is 27.7. The molecule has 0 saturated carbocycles. The van der Waals surface area contributed by atoms with Gasteiger partial charge in [-0.25, -0.2) is 4.79 Å². The maximum atomic E-state index is 12.4. The molecule has 0 atom stereocenters. The second-order valence-corrected chi connectivity index (χ2v) is 6.27. The van der Waals surface area contributed by atoms with Crippen molar-refractivity contribution in [2.75, 3.05) is 33.4 Å². The molecule has 6 heteroatoms. The minimum absolute atomic E-state index is 0.181. The molecular formula is C18H24N2O4. The minimum Gasteiger partial charge on any atom is -0.497 e. The third kappa shape index (κ3) is 3.80. The number of rotatable bonds is 5. The zero-order valence-electron chi connectivity index (χ0n) is 14.1. The summed E-state index contributed by atoms with van der Waals surface area (Å²) in [6, 6.07) is 8.04. The van der Waals surface area contributed by atoms with Crippen LogP contribution in [0.2, 0.25) is 0 Å². The summed E-state index contributed by atoms with van der Waals surface area (Å²) in [5.74, 6) is 0.999. The molecule has 0 aromatic heterocycles. The van der Waals surface area contributed by atoms with Gasteiger partial charge in [0.25, 0.3) is 0 Å². The van der Waals surface area contributed by atoms with E-state index in [2.05, 4.69) is 0 Å². The first-order valence-corrected chi connectivity index (χ1v) is 8.51. The van der Waals surface area contributed by atoms with Gasteiger partial charge in [-0.2, -0.15) is 0 Å². The van der Waals surface area contributed by atoms with Gasteiger partial charge in [0.1, 0.15) is 12.4 Å². The van der Waals surface area contributed by atoms with E-state index in [4.69, 9.17) is 9.47 Å². The molecule has 24 heavy (non-hydrogen) atoms. The normalized spacial score (nSPS) is 18.6. The zero-order chi connectivity index (χ0) is 16.9. The van der Waals surface area contributed by atoms with Crippen LogP contribution in [-0.2, 0) is 16.0 Å². The zero-order valence-corrected chi connectivity index (χ0v) is 14.1. The van der Waals surface area contributed by atoms with E-state index in [0.717, 1.165) is 24.2 Å². The Kier molecular flexibility index (Phi) is 5.23. The molecule has 0 N–H and O–H groups in total. The van der Waals surface area contributed by atoms with Crippen molar-refractivity contribution in [2.45, 2.75) is 31.7 Å². The fraction of sp³-hybridized carbons (Fsp3) is 0.556. The van der Waals surface area contributed by atoms with Crippen molar-refractivity contribution < 1.29 is 19.1 Å². The molecule has 130 valence electrons. The van der Waals surface area contributed by atoms with Gasteiger partial charge in [0.15, 0.2) is 0 Å². The summed E-state index contributed by atoms with van der Waals surface area (Å²) < 4.78 is 10.2. The van der Waals surface area contributed by atoms with Gasteiger partial charge in [0.2, 0.25) is 5.91 Å². The second-order valence-electron chi connectivity index (χ2n) is 6.27. The molecule has 1 aromatic rings. The first-order chi connectivity index (χ1) is 11.7. The van der Waals surface area contributed by atoms with E-state index in [1.165, 1.54) is 0 Å². The van der Waals surface area contributed by atoms with Gasteiger partial charge < -0.3 is 19.3 Å². The van der Waals surface area contributed by atoms with Crippen molar-refractivity contribution in [3.8, 4) is 5.75 Å². The standard InChI is InChI=1S/C18H24N2O4/c1-23-16-4-2-3-14(13-16)5-6-17(21)19-9-7-15(8-10-19)20-11-12-24-18(20)22/h2-4,13,15H,5-12H2,1H3. The van der Waals surface area contributed by atoms with Crippen molar-refractivity contribution >= 4 is 12.0 Å². The van der Waals surface area contributed by atoms with Gasteiger partial charge >= 0.3 is 6.09 Å². The molecular weight excluding hydrogens is 308 g/mol. The highest BCUT2D eigenvalue weighted by atomic mass is 16.6. The van der Waals surface area contributed by atoms with Crippen LogP contribution in [0.1, 0.15) is 24.8 Å². The van der Waals surface area contributed by atoms with E-state index in [1.54, 1.807) is 12.0 Å². The van der Waals surface area contributed by atoms with Crippen LogP contribution >= 0.6 is 0 Å². The minimum atomic E-state index is -0.210. The number of carbonyl (C=O) groups is 2. The Bertz CT molecular complexity index is 596. The summed E-state index contributed by atoms with van der Waals surface area (Å²) in [6.07, 6.45) is 2.68. The number of aryl methyl sites for hydroxylation is 1. The Morgan fingerprint density at radius 1 is 1.29 bits per heavy atom. The molecule has 2 fully saturated rings. The summed E-state index contributed by atoms with van der Waals surface area (Å²) in [5.41, 5.74) is 1.11. The number of nitrogens with zero attached hydrogens (tertiary/aromatic N) is 2. The lowest BCUT2D eigenvalue weighted by atomic mass is 10.0. The highest BCUT2D eigenvalue weighted by molar-refractivity contribution is 5.76.